The number of amides is 2. The maximum Gasteiger partial charge on any atom is 0.323 e. The molecule has 0 aliphatic carbocycles. The number of hydrogen-bond acceptors (Lipinski definition) is 5. The number of urea groups is 1. The van der Waals surface area contributed by atoms with Gasteiger partial charge in [0.05, 0.1) is 0 Å². The van der Waals surface area contributed by atoms with Crippen molar-refractivity contribution in [1.29, 1.82) is 0 Å². The van der Waals surface area contributed by atoms with E-state index in [9.17, 15) is 4.79 Å². The van der Waals surface area contributed by atoms with E-state index in [0.717, 1.165) is 5.69 Å². The Morgan fingerprint density at radius 1 is 0.828 bits per heavy atom. The highest BCUT2D eigenvalue weighted by Crippen LogP contribution is 2.18. The van der Waals surface area contributed by atoms with Crippen LogP contribution in [0.3, 0.4) is 0 Å². The summed E-state index contributed by atoms with van der Waals surface area (Å²) in [7, 11) is 0. The SMILES string of the molecule is O=C(Nc1ccc(Cl)cc1)Nc1ccc(Nc2ccc(-n3cccn3)nn2)cc1. The second-order valence-electron chi connectivity index (χ2n) is 6.02. The van der Waals surface area contributed by atoms with E-state index in [4.69, 9.17) is 11.6 Å². The van der Waals surface area contributed by atoms with Crippen molar-refractivity contribution < 1.29 is 4.79 Å². The molecule has 0 aliphatic heterocycles. The zero-order valence-corrected chi connectivity index (χ0v) is 15.8. The van der Waals surface area contributed by atoms with Crippen molar-refractivity contribution in [2.75, 3.05) is 16.0 Å². The van der Waals surface area contributed by atoms with Gasteiger partial charge in [0.15, 0.2) is 11.6 Å². The average molecular weight is 406 g/mol. The van der Waals surface area contributed by atoms with Crippen molar-refractivity contribution in [3.63, 3.8) is 0 Å². The zero-order valence-electron chi connectivity index (χ0n) is 15.1. The number of anilines is 4. The van der Waals surface area contributed by atoms with E-state index in [2.05, 4.69) is 31.2 Å². The number of carbonyl (C=O) groups is 1. The number of benzene rings is 2. The van der Waals surface area contributed by atoms with E-state index in [0.29, 0.717) is 28.0 Å². The summed E-state index contributed by atoms with van der Waals surface area (Å²) in [6, 6.07) is 19.2. The van der Waals surface area contributed by atoms with Crippen molar-refractivity contribution in [2.24, 2.45) is 0 Å². The number of hydrogen-bond donors (Lipinski definition) is 3. The maximum atomic E-state index is 12.1. The Kier molecular flexibility index (Phi) is 5.35. The summed E-state index contributed by atoms with van der Waals surface area (Å²) in [6.45, 7) is 0. The summed E-state index contributed by atoms with van der Waals surface area (Å²) < 4.78 is 1.63. The fourth-order valence-corrected chi connectivity index (χ4v) is 2.66. The van der Waals surface area contributed by atoms with Gasteiger partial charge in [0.2, 0.25) is 0 Å². The minimum atomic E-state index is -0.340. The Labute approximate surface area is 171 Å². The van der Waals surface area contributed by atoms with Crippen LogP contribution in [0.5, 0.6) is 0 Å². The molecule has 2 amide bonds. The molecule has 0 unspecified atom stereocenters. The molecular formula is C20H16ClN7O. The third kappa shape index (κ3) is 4.88. The smallest absolute Gasteiger partial charge is 0.323 e. The lowest BCUT2D eigenvalue weighted by Crippen LogP contribution is -2.19. The van der Waals surface area contributed by atoms with Gasteiger partial charge in [0.1, 0.15) is 0 Å². The van der Waals surface area contributed by atoms with Crippen LogP contribution in [0.25, 0.3) is 5.82 Å². The van der Waals surface area contributed by atoms with Gasteiger partial charge in [-0.15, -0.1) is 10.2 Å². The molecule has 0 radical (unpaired) electrons. The first-order valence-electron chi connectivity index (χ1n) is 8.70. The predicted molar refractivity (Wildman–Crippen MR) is 113 cm³/mol. The van der Waals surface area contributed by atoms with Gasteiger partial charge in [-0.3, -0.25) is 0 Å². The van der Waals surface area contributed by atoms with E-state index in [1.165, 1.54) is 0 Å². The minimum absolute atomic E-state index is 0.340. The molecule has 0 atom stereocenters. The van der Waals surface area contributed by atoms with Crippen molar-refractivity contribution >= 4 is 40.5 Å². The second-order valence-corrected chi connectivity index (χ2v) is 6.45. The third-order valence-corrected chi connectivity index (χ3v) is 4.16. The highest BCUT2D eigenvalue weighted by molar-refractivity contribution is 6.30. The largest absolute Gasteiger partial charge is 0.339 e. The minimum Gasteiger partial charge on any atom is -0.339 e. The third-order valence-electron chi connectivity index (χ3n) is 3.91. The number of rotatable bonds is 5. The van der Waals surface area contributed by atoms with Crippen LogP contribution < -0.4 is 16.0 Å². The average Bonchev–Trinajstić information content (AvgIpc) is 3.27. The summed E-state index contributed by atoms with van der Waals surface area (Å²) in [4.78, 5) is 12.1. The summed E-state index contributed by atoms with van der Waals surface area (Å²) in [6.07, 6.45) is 3.48. The first-order valence-corrected chi connectivity index (χ1v) is 9.08. The standard InChI is InChI=1S/C20H16ClN7O/c21-14-2-4-16(5-3-14)24-20(29)25-17-8-6-15(7-9-17)23-18-10-11-19(27-26-18)28-13-1-12-22-28/h1-13H,(H,23,26)(H2,24,25,29). The van der Waals surface area contributed by atoms with Crippen LogP contribution >= 0.6 is 11.6 Å². The number of carbonyl (C=O) groups excluding carboxylic acids is 1. The Morgan fingerprint density at radius 2 is 1.48 bits per heavy atom. The molecule has 0 bridgehead atoms. The van der Waals surface area contributed by atoms with Gasteiger partial charge in [-0.2, -0.15) is 5.10 Å². The molecular weight excluding hydrogens is 390 g/mol. The first kappa shape index (κ1) is 18.5. The lowest BCUT2D eigenvalue weighted by molar-refractivity contribution is 0.262. The van der Waals surface area contributed by atoms with Gasteiger partial charge in [-0.25, -0.2) is 9.48 Å². The van der Waals surface area contributed by atoms with Crippen LogP contribution in [0.15, 0.2) is 79.1 Å². The fourth-order valence-electron chi connectivity index (χ4n) is 2.53. The monoisotopic (exact) mass is 405 g/mol. The van der Waals surface area contributed by atoms with Crippen molar-refractivity contribution in [2.45, 2.75) is 0 Å². The van der Waals surface area contributed by atoms with Crippen LogP contribution in [0, 0.1) is 0 Å². The van der Waals surface area contributed by atoms with E-state index >= 15 is 0 Å². The Hall–Kier alpha value is -3.91. The van der Waals surface area contributed by atoms with E-state index in [-0.39, 0.29) is 6.03 Å². The van der Waals surface area contributed by atoms with Crippen molar-refractivity contribution in [3.8, 4) is 5.82 Å². The Bertz CT molecular complexity index is 1080. The van der Waals surface area contributed by atoms with E-state index < -0.39 is 0 Å². The molecule has 0 spiro atoms. The van der Waals surface area contributed by atoms with Gasteiger partial charge in [0, 0.05) is 34.5 Å². The predicted octanol–water partition coefficient (Wildman–Crippen LogP) is 4.70. The topological polar surface area (TPSA) is 96.8 Å². The second kappa shape index (κ2) is 8.41. The molecule has 2 aromatic carbocycles. The number of halogens is 1. The highest BCUT2D eigenvalue weighted by atomic mass is 35.5. The lowest BCUT2D eigenvalue weighted by atomic mass is 10.2. The maximum absolute atomic E-state index is 12.1. The van der Waals surface area contributed by atoms with E-state index in [1.54, 1.807) is 53.5 Å². The summed E-state index contributed by atoms with van der Waals surface area (Å²) in [5.41, 5.74) is 2.12. The lowest BCUT2D eigenvalue weighted by Gasteiger charge is -2.09. The molecule has 4 aromatic rings. The molecule has 0 saturated heterocycles. The van der Waals surface area contributed by atoms with Crippen LogP contribution in [0.2, 0.25) is 5.02 Å². The van der Waals surface area contributed by atoms with Crippen LogP contribution in [-0.4, -0.2) is 26.0 Å². The molecule has 8 nitrogen and oxygen atoms in total. The van der Waals surface area contributed by atoms with Crippen LogP contribution in [-0.2, 0) is 0 Å². The number of aromatic nitrogens is 4. The summed E-state index contributed by atoms with van der Waals surface area (Å²) in [5.74, 6) is 1.23. The van der Waals surface area contributed by atoms with Gasteiger partial charge < -0.3 is 16.0 Å². The zero-order chi connectivity index (χ0) is 20.1. The van der Waals surface area contributed by atoms with Crippen LogP contribution in [0.4, 0.5) is 27.7 Å². The molecule has 29 heavy (non-hydrogen) atoms. The summed E-state index contributed by atoms with van der Waals surface area (Å²) in [5, 5.41) is 21.7. The molecule has 0 saturated carbocycles. The summed E-state index contributed by atoms with van der Waals surface area (Å²) >= 11 is 5.84. The molecule has 2 heterocycles. The Balaban J connectivity index is 1.34. The van der Waals surface area contributed by atoms with Crippen molar-refractivity contribution in [1.82, 2.24) is 20.0 Å². The van der Waals surface area contributed by atoms with E-state index in [1.807, 2.05) is 30.3 Å². The van der Waals surface area contributed by atoms with Crippen molar-refractivity contribution in [3.05, 3.63) is 84.1 Å². The van der Waals surface area contributed by atoms with Gasteiger partial charge >= 0.3 is 6.03 Å². The molecule has 0 fully saturated rings. The molecule has 2 aromatic heterocycles. The quantitative estimate of drug-likeness (QED) is 0.447. The van der Waals surface area contributed by atoms with Gasteiger partial charge in [-0.1, -0.05) is 11.6 Å². The normalized spacial score (nSPS) is 10.4. The van der Waals surface area contributed by atoms with Gasteiger partial charge in [0.25, 0.3) is 0 Å². The Morgan fingerprint density at radius 3 is 2.07 bits per heavy atom. The molecule has 3 N–H and O–H groups in total. The van der Waals surface area contributed by atoms with Gasteiger partial charge in [-0.05, 0) is 66.7 Å². The molecule has 9 heteroatoms. The first-order chi connectivity index (χ1) is 14.2. The molecule has 144 valence electrons. The van der Waals surface area contributed by atoms with Crippen LogP contribution in [0.1, 0.15) is 0 Å². The number of nitrogens with one attached hydrogen (secondary N) is 3. The number of nitrogens with zero attached hydrogens (tertiary/aromatic N) is 4. The molecule has 4 rings (SSSR count). The highest BCUT2D eigenvalue weighted by Gasteiger charge is 2.04. The molecule has 0 aliphatic rings. The fraction of sp³-hybridized carbons (Fsp3) is 0.